The fourth-order valence-corrected chi connectivity index (χ4v) is 5.54. The molecule has 0 saturated heterocycles. The highest BCUT2D eigenvalue weighted by Crippen LogP contribution is 2.32. The number of aromatic amines is 1. The van der Waals surface area contributed by atoms with Crippen LogP contribution in [-0.4, -0.2) is 29.4 Å². The zero-order chi connectivity index (χ0) is 30.5. The van der Waals surface area contributed by atoms with Gasteiger partial charge in [0.1, 0.15) is 0 Å². The third kappa shape index (κ3) is 20.3. The maximum absolute atomic E-state index is 6.25. The zero-order valence-electron chi connectivity index (χ0n) is 28.1. The minimum absolute atomic E-state index is 0.722. The highest BCUT2D eigenvalue weighted by molar-refractivity contribution is 5.79. The van der Waals surface area contributed by atoms with Gasteiger partial charge in [-0.2, -0.15) is 0 Å². The van der Waals surface area contributed by atoms with Gasteiger partial charge in [0.15, 0.2) is 11.5 Å². The highest BCUT2D eigenvalue weighted by atomic mass is 16.5. The third-order valence-corrected chi connectivity index (χ3v) is 8.31. The Morgan fingerprint density at radius 3 is 1.47 bits per heavy atom. The molecule has 0 unspecified atom stereocenters. The molecular formula is C38H65N3O2. The van der Waals surface area contributed by atoms with Crippen LogP contribution in [0.25, 0.3) is 0 Å². The Balaban J connectivity index is 1.63. The first-order chi connectivity index (χ1) is 21.3. The van der Waals surface area contributed by atoms with Crippen LogP contribution < -0.4 is 9.47 Å². The standard InChI is InChI=1S/C38H65N3O2/c1-3-5-7-9-11-13-15-17-19-21-23-25-29-42-37-28-27-35(40-33-36-32-39-34-41-36)31-38(37)43-30-26-24-22-20-18-16-14-12-10-8-6-4-2/h27-28,31-34H,3-26,29-30H2,1-2H3,(H,39,41). The lowest BCUT2D eigenvalue weighted by atomic mass is 10.1. The van der Waals surface area contributed by atoms with Crippen LogP contribution in [0.2, 0.25) is 0 Å². The summed E-state index contributed by atoms with van der Waals surface area (Å²) in [5, 5.41) is 0. The summed E-state index contributed by atoms with van der Waals surface area (Å²) >= 11 is 0. The number of aliphatic imine (C=N–C) groups is 1. The van der Waals surface area contributed by atoms with E-state index in [9.17, 15) is 0 Å². The number of nitrogens with zero attached hydrogens (tertiary/aromatic N) is 2. The van der Waals surface area contributed by atoms with E-state index >= 15 is 0 Å². The predicted molar refractivity (Wildman–Crippen MR) is 185 cm³/mol. The molecule has 0 atom stereocenters. The van der Waals surface area contributed by atoms with Crippen LogP contribution in [0.3, 0.4) is 0 Å². The maximum Gasteiger partial charge on any atom is 0.163 e. The normalized spacial score (nSPS) is 11.5. The number of rotatable bonds is 30. The number of H-pyrrole nitrogens is 1. The lowest BCUT2D eigenvalue weighted by Crippen LogP contribution is -2.02. The maximum atomic E-state index is 6.25. The van der Waals surface area contributed by atoms with Crippen molar-refractivity contribution in [3.63, 3.8) is 0 Å². The van der Waals surface area contributed by atoms with Crippen molar-refractivity contribution in [1.82, 2.24) is 9.97 Å². The van der Waals surface area contributed by atoms with Crippen molar-refractivity contribution in [3.8, 4) is 11.5 Å². The lowest BCUT2D eigenvalue weighted by Gasteiger charge is -2.13. The quantitative estimate of drug-likeness (QED) is 0.0722. The molecule has 244 valence electrons. The molecule has 0 radical (unpaired) electrons. The molecule has 2 rings (SSSR count). The molecule has 0 spiro atoms. The van der Waals surface area contributed by atoms with Gasteiger partial charge in [-0.25, -0.2) is 4.98 Å². The fourth-order valence-electron chi connectivity index (χ4n) is 5.54. The van der Waals surface area contributed by atoms with E-state index in [1.807, 2.05) is 18.2 Å². The van der Waals surface area contributed by atoms with Gasteiger partial charge in [-0.15, -0.1) is 0 Å². The number of unbranched alkanes of at least 4 members (excludes halogenated alkanes) is 22. The minimum atomic E-state index is 0.722. The molecule has 2 aromatic rings. The molecule has 0 saturated carbocycles. The average Bonchev–Trinajstić information content (AvgIpc) is 3.55. The van der Waals surface area contributed by atoms with Crippen molar-refractivity contribution < 1.29 is 9.47 Å². The fraction of sp³-hybridized carbons (Fsp3) is 0.737. The Kier molecular flexibility index (Phi) is 23.4. The number of benzene rings is 1. The van der Waals surface area contributed by atoms with Crippen LogP contribution >= 0.6 is 0 Å². The molecule has 0 aliphatic carbocycles. The zero-order valence-corrected chi connectivity index (χ0v) is 28.1. The first-order valence-electron chi connectivity index (χ1n) is 18.3. The number of ether oxygens (including phenoxy) is 2. The molecule has 1 aromatic carbocycles. The van der Waals surface area contributed by atoms with Crippen LogP contribution in [0, 0.1) is 0 Å². The summed E-state index contributed by atoms with van der Waals surface area (Å²) in [7, 11) is 0. The van der Waals surface area contributed by atoms with E-state index in [1.165, 1.54) is 141 Å². The lowest BCUT2D eigenvalue weighted by molar-refractivity contribution is 0.258. The molecule has 1 heterocycles. The molecule has 0 fully saturated rings. The van der Waals surface area contributed by atoms with E-state index in [4.69, 9.17) is 9.47 Å². The largest absolute Gasteiger partial charge is 0.490 e. The van der Waals surface area contributed by atoms with E-state index in [-0.39, 0.29) is 0 Å². The van der Waals surface area contributed by atoms with E-state index in [0.29, 0.717) is 0 Å². The van der Waals surface area contributed by atoms with Gasteiger partial charge in [-0.3, -0.25) is 4.99 Å². The number of imidazole rings is 1. The van der Waals surface area contributed by atoms with Crippen molar-refractivity contribution in [1.29, 1.82) is 0 Å². The van der Waals surface area contributed by atoms with Gasteiger partial charge in [0.2, 0.25) is 0 Å². The monoisotopic (exact) mass is 596 g/mol. The Bertz CT molecular complexity index is 897. The second-order valence-electron chi connectivity index (χ2n) is 12.4. The second kappa shape index (κ2) is 27.3. The van der Waals surface area contributed by atoms with E-state index in [2.05, 4.69) is 28.8 Å². The summed E-state index contributed by atoms with van der Waals surface area (Å²) < 4.78 is 12.5. The van der Waals surface area contributed by atoms with Crippen molar-refractivity contribution in [2.24, 2.45) is 4.99 Å². The van der Waals surface area contributed by atoms with Gasteiger partial charge in [0.25, 0.3) is 0 Å². The van der Waals surface area contributed by atoms with Crippen LogP contribution in [0.4, 0.5) is 5.69 Å². The molecule has 0 aliphatic heterocycles. The van der Waals surface area contributed by atoms with Gasteiger partial charge in [0, 0.05) is 6.07 Å². The topological polar surface area (TPSA) is 59.5 Å². The SMILES string of the molecule is CCCCCCCCCCCCCCOc1ccc(N=Cc2cnc[nH]2)cc1OCCCCCCCCCCCCCC. The first-order valence-corrected chi connectivity index (χ1v) is 18.3. The van der Waals surface area contributed by atoms with Gasteiger partial charge < -0.3 is 14.5 Å². The average molecular weight is 596 g/mol. The highest BCUT2D eigenvalue weighted by Gasteiger charge is 2.07. The molecule has 0 bridgehead atoms. The Hall–Kier alpha value is -2.30. The van der Waals surface area contributed by atoms with Crippen molar-refractivity contribution in [3.05, 3.63) is 36.4 Å². The Morgan fingerprint density at radius 2 is 1.02 bits per heavy atom. The number of hydrogen-bond acceptors (Lipinski definition) is 4. The van der Waals surface area contributed by atoms with Crippen molar-refractivity contribution >= 4 is 11.9 Å². The third-order valence-electron chi connectivity index (χ3n) is 8.31. The van der Waals surface area contributed by atoms with Crippen LogP contribution in [0.1, 0.15) is 174 Å². The smallest absolute Gasteiger partial charge is 0.163 e. The summed E-state index contributed by atoms with van der Waals surface area (Å²) in [4.78, 5) is 11.7. The van der Waals surface area contributed by atoms with Gasteiger partial charge in [0.05, 0.1) is 43.3 Å². The van der Waals surface area contributed by atoms with E-state index in [1.54, 1.807) is 18.7 Å². The van der Waals surface area contributed by atoms with Crippen LogP contribution in [0.5, 0.6) is 11.5 Å². The Labute approximate surface area is 265 Å². The molecule has 0 amide bonds. The molecule has 1 N–H and O–H groups in total. The molecule has 5 nitrogen and oxygen atoms in total. The minimum Gasteiger partial charge on any atom is -0.490 e. The summed E-state index contributed by atoms with van der Waals surface area (Å²) in [6, 6.07) is 6.02. The van der Waals surface area contributed by atoms with Gasteiger partial charge in [-0.05, 0) is 25.0 Å². The number of aromatic nitrogens is 2. The van der Waals surface area contributed by atoms with Gasteiger partial charge >= 0.3 is 0 Å². The second-order valence-corrected chi connectivity index (χ2v) is 12.4. The molecule has 0 aliphatic rings. The van der Waals surface area contributed by atoms with Crippen molar-refractivity contribution in [2.75, 3.05) is 13.2 Å². The summed E-state index contributed by atoms with van der Waals surface area (Å²) in [5.41, 5.74) is 1.74. The summed E-state index contributed by atoms with van der Waals surface area (Å²) in [5.74, 6) is 1.64. The van der Waals surface area contributed by atoms with E-state index < -0.39 is 0 Å². The summed E-state index contributed by atoms with van der Waals surface area (Å²) in [6.45, 7) is 6.03. The van der Waals surface area contributed by atoms with Gasteiger partial charge in [-0.1, -0.05) is 155 Å². The first kappa shape index (κ1) is 36.9. The van der Waals surface area contributed by atoms with Crippen LogP contribution in [0.15, 0.2) is 35.7 Å². The Morgan fingerprint density at radius 1 is 0.581 bits per heavy atom. The van der Waals surface area contributed by atoms with E-state index in [0.717, 1.165) is 48.9 Å². The number of hydrogen-bond donors (Lipinski definition) is 1. The molecular weight excluding hydrogens is 530 g/mol. The van der Waals surface area contributed by atoms with Crippen molar-refractivity contribution in [2.45, 2.75) is 168 Å². The molecule has 1 aromatic heterocycles. The number of nitrogens with one attached hydrogen (secondary N) is 1. The van der Waals surface area contributed by atoms with Crippen LogP contribution in [-0.2, 0) is 0 Å². The predicted octanol–water partition coefficient (Wildman–Crippen LogP) is 12.3. The molecule has 5 heteroatoms. The summed E-state index contributed by atoms with van der Waals surface area (Å²) in [6.07, 6.45) is 37.5. The molecule has 43 heavy (non-hydrogen) atoms.